The van der Waals surface area contributed by atoms with E-state index >= 15 is 0 Å². The minimum Gasteiger partial charge on any atom is -0.352 e. The molecule has 1 N–H and O–H groups in total. The van der Waals surface area contributed by atoms with Crippen molar-refractivity contribution in [3.63, 3.8) is 0 Å². The summed E-state index contributed by atoms with van der Waals surface area (Å²) in [6.07, 6.45) is 19.1. The lowest BCUT2D eigenvalue weighted by molar-refractivity contribution is -0.00878. The maximum absolute atomic E-state index is 12.8. The molecule has 4 unspecified atom stereocenters. The maximum Gasteiger partial charge on any atom is 0.330 e. The molecule has 4 atom stereocenters. The molecule has 0 aliphatic carbocycles. The van der Waals surface area contributed by atoms with Gasteiger partial charge in [-0.2, -0.15) is 5.26 Å². The number of nitriles is 1. The van der Waals surface area contributed by atoms with Gasteiger partial charge in [-0.1, -0.05) is 102 Å². The monoisotopic (exact) mass is 661 g/mol. The summed E-state index contributed by atoms with van der Waals surface area (Å²) in [4.78, 5) is 27.7. The Labute approximate surface area is 281 Å². The number of ether oxygens (including phenoxy) is 1. The van der Waals surface area contributed by atoms with Gasteiger partial charge in [0.15, 0.2) is 0 Å². The number of hydrogen-bond acceptors (Lipinski definition) is 7. The first-order valence-corrected chi connectivity index (χ1v) is 18.9. The molecule has 1 aliphatic rings. The normalized spacial score (nSPS) is 18.9. The second kappa shape index (κ2) is 23.3. The first kappa shape index (κ1) is 38.4. The number of aromatic nitrogens is 2. The first-order chi connectivity index (χ1) is 22.7. The quantitative estimate of drug-likeness (QED) is 0.0710. The highest BCUT2D eigenvalue weighted by atomic mass is 31.2. The van der Waals surface area contributed by atoms with Gasteiger partial charge < -0.3 is 13.8 Å². The standard InChI is InChI=1S/C36H61N4O5P/c1-7-8-9-10-11-12-13-14-15-16-17-18-19-20-21-22-24-32-28-39(36(42)38-35(32)41)34-27-33(31(6)44-34)45-46(43-26-23-25-37)40(29(2)3)30(4)5/h28-31,33-34H,7-21,23,26-27H2,1-6H3,(H,38,41,42)/i6D. The highest BCUT2D eigenvalue weighted by molar-refractivity contribution is 7.44. The van der Waals surface area contributed by atoms with Crippen LogP contribution in [0, 0.1) is 23.2 Å². The van der Waals surface area contributed by atoms with Gasteiger partial charge in [0.1, 0.15) is 11.8 Å². The summed E-state index contributed by atoms with van der Waals surface area (Å²) < 4.78 is 30.2. The summed E-state index contributed by atoms with van der Waals surface area (Å²) in [6.45, 7) is 10.7. The van der Waals surface area contributed by atoms with Crippen LogP contribution in [-0.4, -0.2) is 45.1 Å². The van der Waals surface area contributed by atoms with Gasteiger partial charge in [-0.05, 0) is 41.0 Å². The number of rotatable bonds is 23. The molecular formula is C36H61N4O5P. The Balaban J connectivity index is 1.88. The summed E-state index contributed by atoms with van der Waals surface area (Å²) >= 11 is 0. The van der Waals surface area contributed by atoms with Crippen molar-refractivity contribution in [3.05, 3.63) is 32.6 Å². The Morgan fingerprint density at radius 1 is 1.00 bits per heavy atom. The molecule has 2 heterocycles. The Morgan fingerprint density at radius 3 is 2.13 bits per heavy atom. The molecule has 260 valence electrons. The van der Waals surface area contributed by atoms with E-state index < -0.39 is 38.2 Å². The molecule has 1 aromatic heterocycles. The van der Waals surface area contributed by atoms with Gasteiger partial charge >= 0.3 is 5.69 Å². The largest absolute Gasteiger partial charge is 0.352 e. The number of nitrogens with zero attached hydrogens (tertiary/aromatic N) is 3. The van der Waals surface area contributed by atoms with Crippen LogP contribution in [0.1, 0.15) is 164 Å². The van der Waals surface area contributed by atoms with E-state index in [2.05, 4.69) is 62.2 Å². The zero-order valence-corrected chi connectivity index (χ0v) is 30.1. The van der Waals surface area contributed by atoms with E-state index in [4.69, 9.17) is 20.4 Å². The average molecular weight is 662 g/mol. The van der Waals surface area contributed by atoms with Crippen LogP contribution in [0.5, 0.6) is 0 Å². The number of unbranched alkanes of at least 4 members (excludes halogenated alkanes) is 14. The number of hydrogen-bond donors (Lipinski definition) is 1. The molecule has 2 rings (SSSR count). The highest BCUT2D eigenvalue weighted by Gasteiger charge is 2.39. The summed E-state index contributed by atoms with van der Waals surface area (Å²) in [5.41, 5.74) is -0.875. The third kappa shape index (κ3) is 14.8. The van der Waals surface area contributed by atoms with Crippen LogP contribution in [0.4, 0.5) is 0 Å². The Bertz CT molecular complexity index is 1210. The topological polar surface area (TPSA) is 110 Å². The van der Waals surface area contributed by atoms with Crippen molar-refractivity contribution in [3.8, 4) is 17.9 Å². The van der Waals surface area contributed by atoms with Crippen molar-refractivity contribution >= 4 is 8.53 Å². The predicted octanol–water partition coefficient (Wildman–Crippen LogP) is 8.73. The molecular weight excluding hydrogens is 599 g/mol. The lowest BCUT2D eigenvalue weighted by Gasteiger charge is -2.37. The van der Waals surface area contributed by atoms with E-state index in [9.17, 15) is 9.59 Å². The maximum atomic E-state index is 12.8. The zero-order chi connectivity index (χ0) is 34.4. The minimum absolute atomic E-state index is 0.0597. The fraction of sp³-hybridized carbons (Fsp3) is 0.806. The highest BCUT2D eigenvalue weighted by Crippen LogP contribution is 2.49. The van der Waals surface area contributed by atoms with E-state index in [0.717, 1.165) is 12.8 Å². The van der Waals surface area contributed by atoms with Crippen molar-refractivity contribution in [2.75, 3.05) is 6.61 Å². The van der Waals surface area contributed by atoms with E-state index in [0.29, 0.717) is 12.8 Å². The molecule has 1 saturated heterocycles. The smallest absolute Gasteiger partial charge is 0.330 e. The Kier molecular flexibility index (Phi) is 19.5. The molecule has 0 aromatic carbocycles. The molecule has 9 nitrogen and oxygen atoms in total. The van der Waals surface area contributed by atoms with Crippen LogP contribution in [0.3, 0.4) is 0 Å². The Hall–Kier alpha value is -2.00. The molecule has 1 aromatic rings. The molecule has 1 fully saturated rings. The lowest BCUT2D eigenvalue weighted by atomic mass is 10.0. The third-order valence-electron chi connectivity index (χ3n) is 8.22. The van der Waals surface area contributed by atoms with Crippen LogP contribution in [0.15, 0.2) is 15.8 Å². The molecule has 1 aliphatic heterocycles. The van der Waals surface area contributed by atoms with Gasteiger partial charge in [0.25, 0.3) is 14.1 Å². The summed E-state index contributed by atoms with van der Waals surface area (Å²) in [7, 11) is -1.54. The van der Waals surface area contributed by atoms with E-state index in [-0.39, 0.29) is 37.6 Å². The van der Waals surface area contributed by atoms with Crippen LogP contribution in [-0.2, 0) is 13.8 Å². The van der Waals surface area contributed by atoms with Gasteiger partial charge in [-0.15, -0.1) is 0 Å². The first-order valence-electron chi connectivity index (χ1n) is 18.5. The van der Waals surface area contributed by atoms with Crippen molar-refractivity contribution in [2.45, 2.75) is 181 Å². The zero-order valence-electron chi connectivity index (χ0n) is 30.2. The van der Waals surface area contributed by atoms with Crippen molar-refractivity contribution in [1.82, 2.24) is 14.2 Å². The van der Waals surface area contributed by atoms with Crippen LogP contribution < -0.4 is 11.2 Å². The van der Waals surface area contributed by atoms with Crippen molar-refractivity contribution < 1.29 is 15.2 Å². The van der Waals surface area contributed by atoms with Gasteiger partial charge in [0.05, 0.1) is 31.3 Å². The summed E-state index contributed by atoms with van der Waals surface area (Å²) in [5.74, 6) is 6.07. The number of nitrogens with one attached hydrogen (secondary N) is 1. The SMILES string of the molecule is [2H]CC1OC(n2cc(C#CCCCCCCCCCCCCCCCC)c(=O)[nH]c2=O)CC1OP(OCCC#N)N(C(C)C)C(C)C. The van der Waals surface area contributed by atoms with Gasteiger partial charge in [0.2, 0.25) is 0 Å². The second-order valence-electron chi connectivity index (χ2n) is 12.9. The number of H-pyrrole nitrogens is 1. The summed E-state index contributed by atoms with van der Waals surface area (Å²) in [5, 5.41) is 9.01. The van der Waals surface area contributed by atoms with Crippen molar-refractivity contribution in [1.29, 1.82) is 5.26 Å². The van der Waals surface area contributed by atoms with Gasteiger partial charge in [-0.25, -0.2) is 9.46 Å². The lowest BCUT2D eigenvalue weighted by Crippen LogP contribution is -2.35. The fourth-order valence-corrected chi connectivity index (χ4v) is 7.51. The minimum atomic E-state index is -1.54. The van der Waals surface area contributed by atoms with E-state index in [1.807, 2.05) is 0 Å². The molecule has 0 spiro atoms. The molecule has 46 heavy (non-hydrogen) atoms. The van der Waals surface area contributed by atoms with Crippen LogP contribution in [0.2, 0.25) is 0 Å². The van der Waals surface area contributed by atoms with E-state index in [1.54, 1.807) is 0 Å². The van der Waals surface area contributed by atoms with Crippen LogP contribution in [0.25, 0.3) is 0 Å². The molecule has 0 radical (unpaired) electrons. The summed E-state index contributed by atoms with van der Waals surface area (Å²) in [6, 6.07) is 2.36. The van der Waals surface area contributed by atoms with Crippen LogP contribution >= 0.6 is 8.53 Å². The van der Waals surface area contributed by atoms with E-state index in [1.165, 1.54) is 87.8 Å². The molecule has 0 saturated carbocycles. The third-order valence-corrected chi connectivity index (χ3v) is 10.4. The molecule has 0 amide bonds. The second-order valence-corrected chi connectivity index (χ2v) is 14.3. The van der Waals surface area contributed by atoms with Gasteiger partial charge in [-0.3, -0.25) is 14.3 Å². The molecule has 0 bridgehead atoms. The number of aromatic amines is 1. The van der Waals surface area contributed by atoms with Gasteiger partial charge in [0, 0.05) is 32.5 Å². The average Bonchev–Trinajstić information content (AvgIpc) is 3.43. The predicted molar refractivity (Wildman–Crippen MR) is 187 cm³/mol. The molecule has 10 heteroatoms. The fourth-order valence-electron chi connectivity index (χ4n) is 5.75. The Morgan fingerprint density at radius 2 is 1.59 bits per heavy atom. The van der Waals surface area contributed by atoms with Crippen molar-refractivity contribution in [2.24, 2.45) is 0 Å².